The number of epoxide rings is 1. The van der Waals surface area contributed by atoms with E-state index in [4.69, 9.17) is 4.74 Å². The fraction of sp³-hybridized carbons (Fsp3) is 0.111. The van der Waals surface area contributed by atoms with Crippen molar-refractivity contribution >= 4 is 27.6 Å². The fourth-order valence-electron chi connectivity index (χ4n) is 3.20. The Morgan fingerprint density at radius 2 is 1.74 bits per heavy atom. The lowest BCUT2D eigenvalue weighted by Gasteiger charge is -2.11. The summed E-state index contributed by atoms with van der Waals surface area (Å²) in [7, 11) is 0. The summed E-state index contributed by atoms with van der Waals surface area (Å²) in [6, 6.07) is 17.6. The van der Waals surface area contributed by atoms with E-state index in [9.17, 15) is 0 Å². The lowest BCUT2D eigenvalue weighted by molar-refractivity contribution is 0.395. The molecule has 3 aromatic carbocycles. The van der Waals surface area contributed by atoms with Gasteiger partial charge in [0.25, 0.3) is 0 Å². The Kier molecular flexibility index (Phi) is 1.67. The van der Waals surface area contributed by atoms with E-state index in [0.717, 1.165) is 0 Å². The summed E-state index contributed by atoms with van der Waals surface area (Å²) >= 11 is 0. The molecule has 2 aliphatic rings. The first-order valence-corrected chi connectivity index (χ1v) is 6.69. The molecule has 90 valence electrons. The van der Waals surface area contributed by atoms with E-state index in [2.05, 4.69) is 60.7 Å². The first-order chi connectivity index (χ1) is 9.40. The second-order valence-corrected chi connectivity index (χ2v) is 5.37. The Balaban J connectivity index is 1.93. The van der Waals surface area contributed by atoms with Crippen LogP contribution in [-0.4, -0.2) is 6.10 Å². The average molecular weight is 244 g/mol. The van der Waals surface area contributed by atoms with Crippen LogP contribution in [0.5, 0.6) is 0 Å². The van der Waals surface area contributed by atoms with Gasteiger partial charge in [-0.3, -0.25) is 0 Å². The quantitative estimate of drug-likeness (QED) is 0.420. The maximum Gasteiger partial charge on any atom is 0.114 e. The molecule has 0 amide bonds. The molecule has 1 nitrogen and oxygen atoms in total. The molecular formula is C18H12O. The molecule has 1 aliphatic carbocycles. The van der Waals surface area contributed by atoms with Crippen LogP contribution in [0, 0.1) is 0 Å². The van der Waals surface area contributed by atoms with Gasteiger partial charge in [-0.05, 0) is 44.8 Å². The molecule has 5 rings (SSSR count). The highest BCUT2D eigenvalue weighted by molar-refractivity contribution is 6.08. The molecule has 2 atom stereocenters. The van der Waals surface area contributed by atoms with Crippen molar-refractivity contribution in [1.29, 1.82) is 0 Å². The third-order valence-electron chi connectivity index (χ3n) is 4.25. The van der Waals surface area contributed by atoms with Crippen LogP contribution in [0.15, 0.2) is 54.6 Å². The topological polar surface area (TPSA) is 12.5 Å². The van der Waals surface area contributed by atoms with Gasteiger partial charge in [0, 0.05) is 0 Å². The number of benzene rings is 3. The normalized spacial score (nSPS) is 23.4. The van der Waals surface area contributed by atoms with Gasteiger partial charge in [-0.2, -0.15) is 0 Å². The zero-order chi connectivity index (χ0) is 12.4. The van der Waals surface area contributed by atoms with Gasteiger partial charge in [0.05, 0.1) is 0 Å². The molecule has 0 radical (unpaired) electrons. The van der Waals surface area contributed by atoms with Crippen molar-refractivity contribution in [3.63, 3.8) is 0 Å². The number of ether oxygens (including phenoxy) is 1. The van der Waals surface area contributed by atoms with Crippen LogP contribution in [-0.2, 0) is 4.74 Å². The molecule has 0 saturated carbocycles. The molecule has 1 heterocycles. The minimum atomic E-state index is 0.295. The van der Waals surface area contributed by atoms with Gasteiger partial charge in [-0.1, -0.05) is 48.6 Å². The van der Waals surface area contributed by atoms with Crippen molar-refractivity contribution in [1.82, 2.24) is 0 Å². The van der Waals surface area contributed by atoms with Crippen LogP contribution in [0.1, 0.15) is 17.2 Å². The number of hydrogen-bond donors (Lipinski definition) is 0. The van der Waals surface area contributed by atoms with E-state index < -0.39 is 0 Å². The zero-order valence-electron chi connectivity index (χ0n) is 10.3. The third-order valence-corrected chi connectivity index (χ3v) is 4.25. The SMILES string of the molecule is C1=C[C@@H]2OC2c2cc3c(ccc4ccccc43)cc21. The third kappa shape index (κ3) is 1.28. The molecule has 19 heavy (non-hydrogen) atoms. The number of rotatable bonds is 0. The lowest BCUT2D eigenvalue weighted by Crippen LogP contribution is -1.95. The van der Waals surface area contributed by atoms with Gasteiger partial charge in [0.15, 0.2) is 0 Å². The van der Waals surface area contributed by atoms with E-state index in [1.165, 1.54) is 32.7 Å². The van der Waals surface area contributed by atoms with Gasteiger partial charge in [0.2, 0.25) is 0 Å². The van der Waals surface area contributed by atoms with Crippen molar-refractivity contribution in [2.45, 2.75) is 12.2 Å². The predicted molar refractivity (Wildman–Crippen MR) is 78.1 cm³/mol. The van der Waals surface area contributed by atoms with E-state index >= 15 is 0 Å². The minimum absolute atomic E-state index is 0.295. The minimum Gasteiger partial charge on any atom is -0.360 e. The second-order valence-electron chi connectivity index (χ2n) is 5.37. The monoisotopic (exact) mass is 244 g/mol. The van der Waals surface area contributed by atoms with Crippen LogP contribution < -0.4 is 0 Å². The van der Waals surface area contributed by atoms with Crippen molar-refractivity contribution in [3.05, 3.63) is 65.7 Å². The zero-order valence-corrected chi connectivity index (χ0v) is 10.3. The highest BCUT2D eigenvalue weighted by atomic mass is 16.6. The van der Waals surface area contributed by atoms with Crippen LogP contribution in [0.4, 0.5) is 0 Å². The van der Waals surface area contributed by atoms with Crippen molar-refractivity contribution in [2.24, 2.45) is 0 Å². The summed E-state index contributed by atoms with van der Waals surface area (Å²) in [5.74, 6) is 0. The fourth-order valence-corrected chi connectivity index (χ4v) is 3.20. The van der Waals surface area contributed by atoms with Gasteiger partial charge in [-0.15, -0.1) is 0 Å². The smallest absolute Gasteiger partial charge is 0.114 e. The lowest BCUT2D eigenvalue weighted by atomic mass is 9.92. The van der Waals surface area contributed by atoms with Crippen LogP contribution in [0.2, 0.25) is 0 Å². The Morgan fingerprint density at radius 3 is 2.74 bits per heavy atom. The van der Waals surface area contributed by atoms with Crippen LogP contribution >= 0.6 is 0 Å². The first-order valence-electron chi connectivity index (χ1n) is 6.69. The highest BCUT2D eigenvalue weighted by Crippen LogP contribution is 2.46. The predicted octanol–water partition coefficient (Wildman–Crippen LogP) is 4.46. The van der Waals surface area contributed by atoms with Crippen molar-refractivity contribution in [3.8, 4) is 0 Å². The van der Waals surface area contributed by atoms with Crippen LogP contribution in [0.3, 0.4) is 0 Å². The van der Waals surface area contributed by atoms with Gasteiger partial charge < -0.3 is 4.74 Å². The summed E-state index contributed by atoms with van der Waals surface area (Å²) in [4.78, 5) is 0. The summed E-state index contributed by atoms with van der Waals surface area (Å²) in [6.07, 6.45) is 4.97. The molecule has 0 aromatic heterocycles. The van der Waals surface area contributed by atoms with Gasteiger partial charge >= 0.3 is 0 Å². The molecular weight excluding hydrogens is 232 g/mol. The summed E-state index contributed by atoms with van der Waals surface area (Å²) in [5, 5.41) is 5.27. The highest BCUT2D eigenvalue weighted by Gasteiger charge is 2.41. The van der Waals surface area contributed by atoms with Crippen molar-refractivity contribution in [2.75, 3.05) is 0 Å². The van der Waals surface area contributed by atoms with E-state index in [1.54, 1.807) is 0 Å². The maximum atomic E-state index is 5.68. The van der Waals surface area contributed by atoms with Crippen molar-refractivity contribution < 1.29 is 4.74 Å². The molecule has 0 N–H and O–H groups in total. The molecule has 1 fully saturated rings. The summed E-state index contributed by atoms with van der Waals surface area (Å²) in [5.41, 5.74) is 2.65. The Labute approximate surface area is 111 Å². The largest absolute Gasteiger partial charge is 0.360 e. The molecule has 1 aliphatic heterocycles. The second kappa shape index (κ2) is 3.25. The average Bonchev–Trinajstić information content (AvgIpc) is 3.25. The van der Waals surface area contributed by atoms with Gasteiger partial charge in [-0.25, -0.2) is 0 Å². The molecule has 0 spiro atoms. The van der Waals surface area contributed by atoms with E-state index in [1.807, 2.05) is 0 Å². The van der Waals surface area contributed by atoms with Gasteiger partial charge in [0.1, 0.15) is 12.2 Å². The molecule has 1 saturated heterocycles. The maximum absolute atomic E-state index is 5.68. The first kappa shape index (κ1) is 9.76. The Morgan fingerprint density at radius 1 is 0.842 bits per heavy atom. The standard InChI is InChI=1S/C18H12O/c1-2-4-14-11(3-1)5-6-12-9-13-7-8-17-18(19-17)16(13)10-15(12)14/h1-10,17-18H/t17-,18?/m0/s1. The molecule has 0 bridgehead atoms. The summed E-state index contributed by atoms with van der Waals surface area (Å²) < 4.78 is 5.68. The summed E-state index contributed by atoms with van der Waals surface area (Å²) in [6.45, 7) is 0. The van der Waals surface area contributed by atoms with E-state index in [0.29, 0.717) is 12.2 Å². The van der Waals surface area contributed by atoms with Crippen LogP contribution in [0.25, 0.3) is 27.6 Å². The Hall–Kier alpha value is -2.12. The number of fused-ring (bicyclic) bond motifs is 6. The van der Waals surface area contributed by atoms with E-state index in [-0.39, 0.29) is 0 Å². The Bertz CT molecular complexity index is 860. The molecule has 1 unspecified atom stereocenters. The number of hydrogen-bond acceptors (Lipinski definition) is 1. The molecule has 3 aromatic rings. The molecule has 1 heteroatoms.